The predicted octanol–water partition coefficient (Wildman–Crippen LogP) is 3.55. The number of benzene rings is 2. The van der Waals surface area contributed by atoms with E-state index in [2.05, 4.69) is 31.8 Å². The summed E-state index contributed by atoms with van der Waals surface area (Å²) in [6.07, 6.45) is 5.53. The third-order valence-electron chi connectivity index (χ3n) is 4.26. The molecule has 3 aromatic rings. The van der Waals surface area contributed by atoms with Crippen LogP contribution in [-0.2, 0) is 9.59 Å². The van der Waals surface area contributed by atoms with Gasteiger partial charge in [-0.05, 0) is 48.5 Å². The number of carbonyl (C=O) groups excluding carboxylic acids is 3. The molecule has 0 aliphatic carbocycles. The second kappa shape index (κ2) is 12.2. The summed E-state index contributed by atoms with van der Waals surface area (Å²) in [4.78, 5) is 36.4. The van der Waals surface area contributed by atoms with Crippen molar-refractivity contribution in [2.75, 3.05) is 13.7 Å². The molecule has 9 nitrogen and oxygen atoms in total. The van der Waals surface area contributed by atoms with Gasteiger partial charge in [0.15, 0.2) is 0 Å². The highest BCUT2D eigenvalue weighted by atomic mass is 79.9. The fraction of sp³-hybridized carbons (Fsp3) is 0.0833. The molecule has 174 valence electrons. The number of furan rings is 1. The number of para-hydroxylation sites is 1. The van der Waals surface area contributed by atoms with E-state index in [9.17, 15) is 14.4 Å². The Morgan fingerprint density at radius 1 is 1.09 bits per heavy atom. The molecule has 0 atom stereocenters. The van der Waals surface area contributed by atoms with Crippen molar-refractivity contribution >= 4 is 46.0 Å². The Labute approximate surface area is 203 Å². The van der Waals surface area contributed by atoms with E-state index < -0.39 is 17.8 Å². The van der Waals surface area contributed by atoms with E-state index in [1.165, 1.54) is 31.7 Å². The molecule has 1 heterocycles. The molecule has 0 aliphatic heterocycles. The first kappa shape index (κ1) is 24.5. The van der Waals surface area contributed by atoms with Gasteiger partial charge < -0.3 is 19.2 Å². The molecule has 0 spiro atoms. The SMILES string of the molecule is COc1ccccc1C(=O)NCC(=O)NN=Cc1cc(Br)ccc1OC(=O)C=Cc1ccco1. The summed E-state index contributed by atoms with van der Waals surface area (Å²) in [5, 5.41) is 6.37. The van der Waals surface area contributed by atoms with Crippen molar-refractivity contribution < 1.29 is 28.3 Å². The predicted molar refractivity (Wildman–Crippen MR) is 129 cm³/mol. The Morgan fingerprint density at radius 2 is 1.91 bits per heavy atom. The van der Waals surface area contributed by atoms with Crippen LogP contribution in [0.2, 0.25) is 0 Å². The summed E-state index contributed by atoms with van der Waals surface area (Å²) in [5.74, 6) is -0.477. The molecule has 0 saturated heterocycles. The number of halogens is 1. The Morgan fingerprint density at radius 3 is 2.68 bits per heavy atom. The normalized spacial score (nSPS) is 10.9. The van der Waals surface area contributed by atoms with Gasteiger partial charge in [0.25, 0.3) is 11.8 Å². The van der Waals surface area contributed by atoms with Crippen molar-refractivity contribution in [3.8, 4) is 11.5 Å². The zero-order chi connectivity index (χ0) is 24.3. The number of hydrogen-bond donors (Lipinski definition) is 2. The number of amides is 2. The number of esters is 1. The van der Waals surface area contributed by atoms with Crippen LogP contribution in [0.3, 0.4) is 0 Å². The van der Waals surface area contributed by atoms with E-state index in [1.54, 1.807) is 54.6 Å². The third-order valence-corrected chi connectivity index (χ3v) is 4.76. The van der Waals surface area contributed by atoms with E-state index in [0.29, 0.717) is 22.6 Å². The van der Waals surface area contributed by atoms with E-state index in [4.69, 9.17) is 13.9 Å². The van der Waals surface area contributed by atoms with Crippen LogP contribution >= 0.6 is 15.9 Å². The molecule has 0 unspecified atom stereocenters. The van der Waals surface area contributed by atoms with Gasteiger partial charge in [-0.2, -0.15) is 5.10 Å². The van der Waals surface area contributed by atoms with Gasteiger partial charge in [-0.15, -0.1) is 0 Å². The highest BCUT2D eigenvalue weighted by Crippen LogP contribution is 2.22. The van der Waals surface area contributed by atoms with Gasteiger partial charge in [0.05, 0.1) is 31.7 Å². The molecule has 0 fully saturated rings. The van der Waals surface area contributed by atoms with Gasteiger partial charge in [-0.25, -0.2) is 10.2 Å². The van der Waals surface area contributed by atoms with Gasteiger partial charge in [0.1, 0.15) is 17.3 Å². The average Bonchev–Trinajstić information content (AvgIpc) is 3.36. The lowest BCUT2D eigenvalue weighted by molar-refractivity contribution is -0.129. The highest BCUT2D eigenvalue weighted by Gasteiger charge is 2.12. The average molecular weight is 526 g/mol. The summed E-state index contributed by atoms with van der Waals surface area (Å²) in [7, 11) is 1.45. The molecule has 0 radical (unpaired) electrons. The molecular weight excluding hydrogens is 506 g/mol. The first-order valence-corrected chi connectivity index (χ1v) is 10.7. The van der Waals surface area contributed by atoms with Crippen molar-refractivity contribution in [1.29, 1.82) is 0 Å². The molecule has 0 bridgehead atoms. The second-order valence-electron chi connectivity index (χ2n) is 6.63. The number of methoxy groups -OCH3 is 1. The molecular formula is C24H20BrN3O6. The Balaban J connectivity index is 1.56. The molecule has 3 rings (SSSR count). The van der Waals surface area contributed by atoms with Crippen LogP contribution in [0.25, 0.3) is 6.08 Å². The van der Waals surface area contributed by atoms with Crippen LogP contribution in [0.4, 0.5) is 0 Å². The van der Waals surface area contributed by atoms with Crippen molar-refractivity contribution in [1.82, 2.24) is 10.7 Å². The molecule has 2 aromatic carbocycles. The molecule has 10 heteroatoms. The van der Waals surface area contributed by atoms with Gasteiger partial charge in [0, 0.05) is 16.1 Å². The molecule has 34 heavy (non-hydrogen) atoms. The minimum Gasteiger partial charge on any atom is -0.496 e. The van der Waals surface area contributed by atoms with Gasteiger partial charge in [0.2, 0.25) is 0 Å². The number of hydrazone groups is 1. The zero-order valence-electron chi connectivity index (χ0n) is 18.0. The lowest BCUT2D eigenvalue weighted by Crippen LogP contribution is -2.35. The summed E-state index contributed by atoms with van der Waals surface area (Å²) in [6.45, 7) is -0.299. The molecule has 2 N–H and O–H groups in total. The molecule has 0 saturated carbocycles. The smallest absolute Gasteiger partial charge is 0.336 e. The first-order valence-electron chi connectivity index (χ1n) is 9.92. The summed E-state index contributed by atoms with van der Waals surface area (Å²) in [6, 6.07) is 15.0. The van der Waals surface area contributed by atoms with E-state index in [1.807, 2.05) is 0 Å². The molecule has 0 aliphatic rings. The van der Waals surface area contributed by atoms with Crippen molar-refractivity contribution in [3.05, 3.63) is 88.3 Å². The second-order valence-corrected chi connectivity index (χ2v) is 7.54. The molecule has 2 amide bonds. The number of hydrogen-bond acceptors (Lipinski definition) is 7. The van der Waals surface area contributed by atoms with E-state index >= 15 is 0 Å². The Hall–Kier alpha value is -4.18. The Bertz CT molecular complexity index is 1220. The standard InChI is InChI=1S/C24H20BrN3O6/c1-32-21-7-3-2-6-19(21)24(31)26-15-22(29)28-27-14-16-13-17(25)8-10-20(16)34-23(30)11-9-18-5-4-12-33-18/h2-14H,15H2,1H3,(H,26,31)(H,28,29). The van der Waals surface area contributed by atoms with Crippen LogP contribution in [-0.4, -0.2) is 37.7 Å². The van der Waals surface area contributed by atoms with Gasteiger partial charge in [-0.1, -0.05) is 28.1 Å². The van der Waals surface area contributed by atoms with Gasteiger partial charge in [-0.3, -0.25) is 9.59 Å². The van der Waals surface area contributed by atoms with Crippen molar-refractivity contribution in [3.63, 3.8) is 0 Å². The number of carbonyl (C=O) groups is 3. The maximum absolute atomic E-state index is 12.3. The minimum atomic E-state index is -0.614. The summed E-state index contributed by atoms with van der Waals surface area (Å²) in [5.41, 5.74) is 3.06. The zero-order valence-corrected chi connectivity index (χ0v) is 19.6. The summed E-state index contributed by atoms with van der Waals surface area (Å²) >= 11 is 3.34. The number of rotatable bonds is 9. The van der Waals surface area contributed by atoms with E-state index in [0.717, 1.165) is 4.47 Å². The van der Waals surface area contributed by atoms with Crippen LogP contribution < -0.4 is 20.2 Å². The van der Waals surface area contributed by atoms with Crippen molar-refractivity contribution in [2.24, 2.45) is 5.10 Å². The number of nitrogens with one attached hydrogen (secondary N) is 2. The van der Waals surface area contributed by atoms with Crippen LogP contribution in [0.1, 0.15) is 21.7 Å². The molecule has 1 aromatic heterocycles. The quantitative estimate of drug-likeness (QED) is 0.145. The lowest BCUT2D eigenvalue weighted by atomic mass is 10.2. The summed E-state index contributed by atoms with van der Waals surface area (Å²) < 4.78 is 16.3. The largest absolute Gasteiger partial charge is 0.496 e. The fourth-order valence-corrected chi connectivity index (χ4v) is 3.07. The Kier molecular flexibility index (Phi) is 8.75. The fourth-order valence-electron chi connectivity index (χ4n) is 2.69. The maximum atomic E-state index is 12.3. The number of ether oxygens (including phenoxy) is 2. The first-order chi connectivity index (χ1) is 16.5. The van der Waals surface area contributed by atoms with Gasteiger partial charge >= 0.3 is 5.97 Å². The van der Waals surface area contributed by atoms with Crippen LogP contribution in [0.5, 0.6) is 11.5 Å². The highest BCUT2D eigenvalue weighted by molar-refractivity contribution is 9.10. The van der Waals surface area contributed by atoms with Crippen molar-refractivity contribution in [2.45, 2.75) is 0 Å². The van der Waals surface area contributed by atoms with E-state index in [-0.39, 0.29) is 12.3 Å². The third kappa shape index (κ3) is 7.17. The topological polar surface area (TPSA) is 119 Å². The van der Waals surface area contributed by atoms with Crippen LogP contribution in [0, 0.1) is 0 Å². The van der Waals surface area contributed by atoms with Crippen LogP contribution in [0.15, 0.2) is 80.9 Å². The number of nitrogens with zero attached hydrogens (tertiary/aromatic N) is 1. The monoisotopic (exact) mass is 525 g/mol. The lowest BCUT2D eigenvalue weighted by Gasteiger charge is -2.08. The minimum absolute atomic E-state index is 0.236. The maximum Gasteiger partial charge on any atom is 0.336 e.